The van der Waals surface area contributed by atoms with E-state index in [0.29, 0.717) is 0 Å². The van der Waals surface area contributed by atoms with Gasteiger partial charge in [-0.25, -0.2) is 4.57 Å². The molecular formula is C23H25N2+. The van der Waals surface area contributed by atoms with Crippen LogP contribution < -0.4 is 4.57 Å². The Labute approximate surface area is 151 Å². The van der Waals surface area contributed by atoms with Crippen LogP contribution in [0.25, 0.3) is 22.5 Å². The van der Waals surface area contributed by atoms with Crippen LogP contribution >= 0.6 is 0 Å². The highest BCUT2D eigenvalue weighted by atomic mass is 14.9. The number of pyridine rings is 2. The SMILES string of the molecule is [2H]C1(c2ccc(-c3cc[n+](C)c(-c4ccccc4C)c3)nc2)CCCC1. The molecule has 0 atom stereocenters. The van der Waals surface area contributed by atoms with Gasteiger partial charge in [-0.3, -0.25) is 4.98 Å². The molecule has 126 valence electrons. The Hall–Kier alpha value is -2.48. The second-order valence-corrected chi connectivity index (χ2v) is 6.97. The Bertz CT molecular complexity index is 925. The number of nitrogens with zero attached hydrogens (tertiary/aromatic N) is 2. The Morgan fingerprint density at radius 3 is 2.60 bits per heavy atom. The van der Waals surface area contributed by atoms with Crippen LogP contribution in [0.3, 0.4) is 0 Å². The molecule has 1 saturated carbocycles. The van der Waals surface area contributed by atoms with Crippen LogP contribution in [-0.4, -0.2) is 4.98 Å². The van der Waals surface area contributed by atoms with Crippen LogP contribution in [0, 0.1) is 6.92 Å². The third-order valence-electron chi connectivity index (χ3n) is 5.25. The molecule has 2 nitrogen and oxygen atoms in total. The molecule has 0 spiro atoms. The predicted octanol–water partition coefficient (Wildman–Crippen LogP) is 5.21. The maximum Gasteiger partial charge on any atom is 0.213 e. The first-order chi connectivity index (χ1) is 12.6. The lowest BCUT2D eigenvalue weighted by Gasteiger charge is -2.10. The highest BCUT2D eigenvalue weighted by Gasteiger charge is 2.18. The molecule has 2 heterocycles. The van der Waals surface area contributed by atoms with Crippen molar-refractivity contribution in [3.8, 4) is 22.5 Å². The van der Waals surface area contributed by atoms with Crippen LogP contribution in [0.1, 0.15) is 44.1 Å². The van der Waals surface area contributed by atoms with E-state index >= 15 is 0 Å². The number of rotatable bonds is 3. The zero-order valence-electron chi connectivity index (χ0n) is 16.0. The van der Waals surface area contributed by atoms with Gasteiger partial charge in [-0.1, -0.05) is 37.1 Å². The van der Waals surface area contributed by atoms with Crippen molar-refractivity contribution in [1.29, 1.82) is 0 Å². The molecule has 2 heteroatoms. The fourth-order valence-electron chi connectivity index (χ4n) is 3.72. The minimum atomic E-state index is -0.430. The topological polar surface area (TPSA) is 16.8 Å². The normalized spacial score (nSPS) is 16.6. The Morgan fingerprint density at radius 2 is 1.88 bits per heavy atom. The van der Waals surface area contributed by atoms with Gasteiger partial charge in [0.15, 0.2) is 6.20 Å². The Balaban J connectivity index is 1.70. The molecular weight excluding hydrogens is 304 g/mol. The fraction of sp³-hybridized carbons (Fsp3) is 0.304. The zero-order chi connectivity index (χ0) is 18.1. The Kier molecular flexibility index (Phi) is 4.03. The van der Waals surface area contributed by atoms with E-state index in [1.165, 1.54) is 16.8 Å². The van der Waals surface area contributed by atoms with E-state index < -0.39 is 5.89 Å². The van der Waals surface area contributed by atoms with Gasteiger partial charge in [0.1, 0.15) is 7.05 Å². The van der Waals surface area contributed by atoms with Gasteiger partial charge < -0.3 is 0 Å². The van der Waals surface area contributed by atoms with Gasteiger partial charge in [-0.2, -0.15) is 0 Å². The number of aryl methyl sites for hydroxylation is 2. The van der Waals surface area contributed by atoms with Gasteiger partial charge in [-0.15, -0.1) is 0 Å². The minimum Gasteiger partial charge on any atom is -0.256 e. The average Bonchev–Trinajstić information content (AvgIpc) is 3.11. The van der Waals surface area contributed by atoms with Crippen molar-refractivity contribution in [2.75, 3.05) is 0 Å². The highest BCUT2D eigenvalue weighted by molar-refractivity contribution is 5.68. The van der Waals surface area contributed by atoms with Crippen LogP contribution in [0.4, 0.5) is 0 Å². The van der Waals surface area contributed by atoms with Crippen molar-refractivity contribution in [3.05, 3.63) is 72.1 Å². The van der Waals surface area contributed by atoms with Gasteiger partial charge in [0.05, 0.1) is 5.69 Å². The molecule has 0 amide bonds. The second-order valence-electron chi connectivity index (χ2n) is 6.97. The summed E-state index contributed by atoms with van der Waals surface area (Å²) in [5.41, 5.74) is 6.81. The number of benzene rings is 1. The molecule has 4 rings (SSSR count). The van der Waals surface area contributed by atoms with E-state index in [4.69, 9.17) is 6.35 Å². The number of hydrogen-bond donors (Lipinski definition) is 0. The van der Waals surface area contributed by atoms with E-state index in [1.807, 2.05) is 6.20 Å². The first kappa shape index (κ1) is 14.8. The van der Waals surface area contributed by atoms with Crippen LogP contribution in [0.15, 0.2) is 60.9 Å². The summed E-state index contributed by atoms with van der Waals surface area (Å²) in [5.74, 6) is -0.430. The van der Waals surface area contributed by atoms with Gasteiger partial charge >= 0.3 is 0 Å². The maximum atomic E-state index is 8.65. The monoisotopic (exact) mass is 330 g/mol. The van der Waals surface area contributed by atoms with E-state index in [1.54, 1.807) is 0 Å². The summed E-state index contributed by atoms with van der Waals surface area (Å²) in [6.45, 7) is 2.14. The van der Waals surface area contributed by atoms with Crippen molar-refractivity contribution in [3.63, 3.8) is 0 Å². The third-order valence-corrected chi connectivity index (χ3v) is 5.25. The lowest BCUT2D eigenvalue weighted by atomic mass is 9.98. The summed E-state index contributed by atoms with van der Waals surface area (Å²) in [7, 11) is 2.08. The van der Waals surface area contributed by atoms with Gasteiger partial charge in [-0.05, 0) is 48.9 Å². The third kappa shape index (κ3) is 3.21. The summed E-state index contributed by atoms with van der Waals surface area (Å²) >= 11 is 0. The molecule has 0 aliphatic heterocycles. The van der Waals surface area contributed by atoms with E-state index in [2.05, 4.69) is 73.3 Å². The molecule has 0 unspecified atom stereocenters. The molecule has 1 aliphatic rings. The largest absolute Gasteiger partial charge is 0.256 e. The molecule has 0 radical (unpaired) electrons. The molecule has 1 fully saturated rings. The van der Waals surface area contributed by atoms with Crippen molar-refractivity contribution >= 4 is 0 Å². The zero-order valence-corrected chi connectivity index (χ0v) is 15.0. The van der Waals surface area contributed by atoms with Crippen LogP contribution in [-0.2, 0) is 7.05 Å². The fourth-order valence-corrected chi connectivity index (χ4v) is 3.72. The standard InChI is InChI=1S/C23H25N2/c1-17-7-3-6-10-21(17)23-15-19(13-14-25(23)2)22-12-11-20(16-24-22)18-8-4-5-9-18/h3,6-7,10-16,18H,4-5,8-9H2,1-2H3/q+1/i18D. The average molecular weight is 330 g/mol. The molecule has 0 bridgehead atoms. The van der Waals surface area contributed by atoms with E-state index in [9.17, 15) is 0 Å². The molecule has 1 aliphatic carbocycles. The first-order valence-corrected chi connectivity index (χ1v) is 9.09. The summed E-state index contributed by atoms with van der Waals surface area (Å²) in [6, 6.07) is 16.9. The minimum absolute atomic E-state index is 0.430. The molecule has 2 aromatic heterocycles. The van der Waals surface area contributed by atoms with E-state index in [-0.39, 0.29) is 0 Å². The molecule has 0 saturated heterocycles. The van der Waals surface area contributed by atoms with Crippen molar-refractivity contribution < 1.29 is 5.94 Å². The van der Waals surface area contributed by atoms with Gasteiger partial charge in [0.2, 0.25) is 5.69 Å². The first-order valence-electron chi connectivity index (χ1n) is 9.59. The van der Waals surface area contributed by atoms with Gasteiger partial charge in [0.25, 0.3) is 0 Å². The lowest BCUT2D eigenvalue weighted by molar-refractivity contribution is -0.660. The Morgan fingerprint density at radius 1 is 1.08 bits per heavy atom. The molecule has 25 heavy (non-hydrogen) atoms. The molecule has 0 N–H and O–H groups in total. The highest BCUT2D eigenvalue weighted by Crippen LogP contribution is 2.34. The predicted molar refractivity (Wildman–Crippen MR) is 102 cm³/mol. The van der Waals surface area contributed by atoms with Gasteiger partial charge in [0, 0.05) is 30.8 Å². The summed E-state index contributed by atoms with van der Waals surface area (Å²) in [6.07, 6.45) is 8.21. The smallest absolute Gasteiger partial charge is 0.213 e. The van der Waals surface area contributed by atoms with Crippen molar-refractivity contribution in [2.24, 2.45) is 7.05 Å². The maximum absolute atomic E-state index is 8.65. The summed E-state index contributed by atoms with van der Waals surface area (Å²) in [4.78, 5) is 4.70. The molecule has 1 aromatic carbocycles. The lowest BCUT2D eigenvalue weighted by Crippen LogP contribution is -2.30. The summed E-state index contributed by atoms with van der Waals surface area (Å²) in [5, 5.41) is 0. The quantitative estimate of drug-likeness (QED) is 0.603. The molecule has 3 aromatic rings. The second kappa shape index (κ2) is 6.79. The van der Waals surface area contributed by atoms with Crippen molar-refractivity contribution in [2.45, 2.75) is 38.5 Å². The number of aromatic nitrogens is 2. The number of hydrogen-bond acceptors (Lipinski definition) is 1. The summed E-state index contributed by atoms with van der Waals surface area (Å²) < 4.78 is 10.8. The van der Waals surface area contributed by atoms with Crippen LogP contribution in [0.2, 0.25) is 0 Å². The van der Waals surface area contributed by atoms with Crippen LogP contribution in [0.5, 0.6) is 0 Å². The van der Waals surface area contributed by atoms with Crippen molar-refractivity contribution in [1.82, 2.24) is 4.98 Å². The van der Waals surface area contributed by atoms with E-state index in [0.717, 1.165) is 42.5 Å².